The van der Waals surface area contributed by atoms with Crippen LogP contribution >= 0.6 is 0 Å². The molecule has 13 aromatic carbocycles. The van der Waals surface area contributed by atoms with E-state index in [0.29, 0.717) is 0 Å². The summed E-state index contributed by atoms with van der Waals surface area (Å²) < 4.78 is 2.62. The quantitative estimate of drug-likeness (QED) is 0.154. The zero-order valence-corrected chi connectivity index (χ0v) is 44.8. The maximum Gasteiger partial charge on any atom is 0.252 e. The van der Waals surface area contributed by atoms with Crippen LogP contribution < -0.4 is 26.2 Å². The van der Waals surface area contributed by atoms with Gasteiger partial charge < -0.3 is 14.2 Å². The van der Waals surface area contributed by atoms with Crippen molar-refractivity contribution in [2.75, 3.05) is 9.80 Å². The molecule has 0 bridgehead atoms. The summed E-state index contributed by atoms with van der Waals surface area (Å²) in [5, 5.41) is 9.67. The minimum Gasteiger partial charge on any atom is -0.311 e. The molecule has 82 heavy (non-hydrogen) atoms. The molecule has 0 spiro atoms. The van der Waals surface area contributed by atoms with E-state index in [1.807, 2.05) is 0 Å². The van der Waals surface area contributed by atoms with E-state index in [1.54, 1.807) is 0 Å². The Kier molecular flexibility index (Phi) is 10.4. The number of benzene rings is 13. The minimum absolute atomic E-state index is 0.160. The van der Waals surface area contributed by atoms with Crippen LogP contribution in [0.1, 0.15) is 0 Å². The van der Waals surface area contributed by atoms with Gasteiger partial charge in [0.1, 0.15) is 0 Å². The van der Waals surface area contributed by atoms with E-state index in [4.69, 9.17) is 0 Å². The summed E-state index contributed by atoms with van der Waals surface area (Å²) in [6.45, 7) is -0.160. The number of hydrogen-bond donors (Lipinski definition) is 0. The summed E-state index contributed by atoms with van der Waals surface area (Å²) in [5.74, 6) is 0. The molecule has 0 aliphatic carbocycles. The van der Waals surface area contributed by atoms with Crippen molar-refractivity contribution < 1.29 is 0 Å². The molecule has 17 rings (SSSR count). The van der Waals surface area contributed by atoms with E-state index >= 15 is 0 Å². The third-order valence-corrected chi connectivity index (χ3v) is 17.5. The number of aromatic nitrogens is 1. The molecule has 0 fully saturated rings. The molecule has 4 heterocycles. The molecule has 380 valence electrons. The molecule has 0 unspecified atom stereocenters. The lowest BCUT2D eigenvalue weighted by Crippen LogP contribution is -2.61. The average Bonchev–Trinajstić information content (AvgIpc) is 1.84. The molecule has 0 saturated carbocycles. The second-order valence-corrected chi connectivity index (χ2v) is 21.9. The number of para-hydroxylation sites is 2. The van der Waals surface area contributed by atoms with Gasteiger partial charge in [-0.25, -0.2) is 0 Å². The molecule has 4 heteroatoms. The summed E-state index contributed by atoms with van der Waals surface area (Å²) in [6, 6.07) is 113. The first-order valence-corrected chi connectivity index (χ1v) is 28.4. The first-order chi connectivity index (χ1) is 40.7. The van der Waals surface area contributed by atoms with Crippen molar-refractivity contribution in [3.8, 4) is 44.5 Å². The van der Waals surface area contributed by atoms with Crippen LogP contribution in [-0.2, 0) is 0 Å². The van der Waals surface area contributed by atoms with Gasteiger partial charge in [0.25, 0.3) is 6.71 Å². The van der Waals surface area contributed by atoms with E-state index in [-0.39, 0.29) is 6.71 Å². The molecule has 2 aromatic heterocycles. The van der Waals surface area contributed by atoms with Crippen LogP contribution in [0, 0.1) is 0 Å². The molecule has 0 saturated heterocycles. The fraction of sp³-hybridized carbons (Fsp3) is 0. The van der Waals surface area contributed by atoms with E-state index < -0.39 is 0 Å². The highest BCUT2D eigenvalue weighted by Gasteiger charge is 2.45. The van der Waals surface area contributed by atoms with Gasteiger partial charge in [-0.2, -0.15) is 0 Å². The van der Waals surface area contributed by atoms with Gasteiger partial charge in [0.2, 0.25) is 0 Å². The van der Waals surface area contributed by atoms with Gasteiger partial charge in [0, 0.05) is 50.0 Å². The maximum atomic E-state index is 2.62. The maximum absolute atomic E-state index is 2.62. The van der Waals surface area contributed by atoms with E-state index in [0.717, 1.165) is 39.5 Å². The van der Waals surface area contributed by atoms with Crippen LogP contribution in [0.3, 0.4) is 0 Å². The fourth-order valence-electron chi connectivity index (χ4n) is 13.9. The van der Waals surface area contributed by atoms with Gasteiger partial charge in [-0.1, -0.05) is 255 Å². The minimum atomic E-state index is -0.160. The van der Waals surface area contributed by atoms with Gasteiger partial charge >= 0.3 is 0 Å². The molecule has 0 atom stereocenters. The standard InChI is InChI=1S/C78H50BN3/c1-5-20-51(21-6-1)55-36-42-59(43-37-55)80-71-46-40-57(53-24-9-3-10-25-53)48-68(71)79-69-49-58(54-26-11-4-12-27-54)41-47-72(69)81(60-44-38-56(39-45-60)52-22-7-2-8-23-52)78-75-67-34-19-33-66-64-31-16-14-29-62(64)61-28-13-15-30-63(61)65-32-17-18-35-70(65)82(77(66)67)73(75)50-74(80)76(78)79/h1-50H. The van der Waals surface area contributed by atoms with E-state index in [9.17, 15) is 0 Å². The van der Waals surface area contributed by atoms with Crippen molar-refractivity contribution >= 4 is 117 Å². The second kappa shape index (κ2) is 18.5. The number of nitrogens with zero attached hydrogens (tertiary/aromatic N) is 3. The van der Waals surface area contributed by atoms with E-state index in [1.165, 1.54) is 115 Å². The largest absolute Gasteiger partial charge is 0.311 e. The van der Waals surface area contributed by atoms with Crippen molar-refractivity contribution in [3.05, 3.63) is 303 Å². The predicted molar refractivity (Wildman–Crippen MR) is 350 cm³/mol. The molecule has 15 aromatic rings. The molecule has 2 aliphatic rings. The summed E-state index contributed by atoms with van der Waals surface area (Å²) in [4.78, 5) is 5.20. The Hall–Kier alpha value is -10.7. The van der Waals surface area contributed by atoms with Gasteiger partial charge in [0.15, 0.2) is 0 Å². The van der Waals surface area contributed by atoms with Crippen molar-refractivity contribution in [2.45, 2.75) is 0 Å². The monoisotopic (exact) mass is 1040 g/mol. The molecular weight excluding hydrogens is 990 g/mol. The molecular formula is C78H50BN3. The molecule has 2 aliphatic heterocycles. The molecule has 0 amide bonds. The van der Waals surface area contributed by atoms with Crippen molar-refractivity contribution in [1.82, 2.24) is 4.40 Å². The number of hydrogen-bond acceptors (Lipinski definition) is 2. The topological polar surface area (TPSA) is 10.9 Å². The Bertz CT molecular complexity index is 5020. The highest BCUT2D eigenvalue weighted by atomic mass is 15.2. The number of rotatable bonds is 6. The van der Waals surface area contributed by atoms with Crippen LogP contribution in [-0.4, -0.2) is 11.1 Å². The normalized spacial score (nSPS) is 12.6. The van der Waals surface area contributed by atoms with Crippen LogP contribution in [0.2, 0.25) is 0 Å². The third-order valence-electron chi connectivity index (χ3n) is 17.5. The summed E-state index contributed by atoms with van der Waals surface area (Å²) in [6.07, 6.45) is 0. The summed E-state index contributed by atoms with van der Waals surface area (Å²) in [7, 11) is 0. The number of fused-ring (bicyclic) bond motifs is 15. The van der Waals surface area contributed by atoms with Crippen LogP contribution in [0.4, 0.5) is 34.1 Å². The average molecular weight is 1040 g/mol. The Labute approximate surface area is 476 Å². The Morgan fingerprint density at radius 2 is 0.622 bits per heavy atom. The molecule has 0 radical (unpaired) electrons. The number of anilines is 6. The Balaban J connectivity index is 1.08. The predicted octanol–water partition coefficient (Wildman–Crippen LogP) is 19.0. The lowest BCUT2D eigenvalue weighted by molar-refractivity contribution is 1.26. The smallest absolute Gasteiger partial charge is 0.252 e. The Morgan fingerprint density at radius 1 is 0.244 bits per heavy atom. The zero-order valence-electron chi connectivity index (χ0n) is 44.8. The second-order valence-electron chi connectivity index (χ2n) is 21.9. The highest BCUT2D eigenvalue weighted by molar-refractivity contribution is 7.00. The molecule has 3 nitrogen and oxygen atoms in total. The highest BCUT2D eigenvalue weighted by Crippen LogP contribution is 2.52. The lowest BCUT2D eigenvalue weighted by Gasteiger charge is -2.44. The van der Waals surface area contributed by atoms with Crippen molar-refractivity contribution in [2.24, 2.45) is 0 Å². The van der Waals surface area contributed by atoms with Gasteiger partial charge in [-0.3, -0.25) is 0 Å². The fourth-order valence-corrected chi connectivity index (χ4v) is 13.9. The van der Waals surface area contributed by atoms with Crippen LogP contribution in [0.5, 0.6) is 0 Å². The third kappa shape index (κ3) is 7.05. The van der Waals surface area contributed by atoms with Crippen LogP contribution in [0.25, 0.3) is 104 Å². The van der Waals surface area contributed by atoms with E-state index in [2.05, 4.69) is 318 Å². The van der Waals surface area contributed by atoms with Gasteiger partial charge in [-0.15, -0.1) is 0 Å². The molecule has 0 N–H and O–H groups in total. The lowest BCUT2D eigenvalue weighted by atomic mass is 9.33. The zero-order chi connectivity index (χ0) is 53.8. The summed E-state index contributed by atoms with van der Waals surface area (Å²) >= 11 is 0. The van der Waals surface area contributed by atoms with Gasteiger partial charge in [-0.05, 0) is 131 Å². The SMILES string of the molecule is c1ccc(-c2ccc(N3c4ccc(-c5ccccc5)cc4B4c5cc(-c6ccccc6)ccc5N(c5ccc(-c6ccccc6)cc5)c5c4c3cc3c5c4cccc5c6ccccc6c6ccccc6c6ccccc6n3c54)cc2)cc1. The first-order valence-electron chi connectivity index (χ1n) is 28.4. The van der Waals surface area contributed by atoms with Crippen molar-refractivity contribution in [3.63, 3.8) is 0 Å². The summed E-state index contributed by atoms with van der Waals surface area (Å²) in [5.41, 5.74) is 23.7. The van der Waals surface area contributed by atoms with Gasteiger partial charge in [0.05, 0.1) is 22.2 Å². The Morgan fingerprint density at radius 3 is 1.15 bits per heavy atom. The first kappa shape index (κ1) is 46.3. The van der Waals surface area contributed by atoms with Crippen LogP contribution in [0.15, 0.2) is 303 Å². The van der Waals surface area contributed by atoms with Crippen molar-refractivity contribution in [1.29, 1.82) is 0 Å².